The average molecular weight is 241 g/mol. The summed E-state index contributed by atoms with van der Waals surface area (Å²) in [7, 11) is 0. The molecule has 0 fully saturated rings. The minimum absolute atomic E-state index is 0.267. The molecule has 0 spiro atoms. The molecule has 1 heterocycles. The molecule has 78 valence electrons. The average Bonchev–Trinajstić information content (AvgIpc) is 2.57. The number of carbonyl (C=O) groups is 1. The number of benzene rings is 1. The predicted octanol–water partition coefficient (Wildman–Crippen LogP) is 3.62. The lowest BCUT2D eigenvalue weighted by Gasteiger charge is -2.00. The summed E-state index contributed by atoms with van der Waals surface area (Å²) in [6, 6.07) is 5.72. The Hall–Kier alpha value is -1.06. The number of hydrogen-bond donors (Lipinski definition) is 0. The second-order valence-corrected chi connectivity index (χ2v) is 4.53. The molecular formula is C11H9ClO2S. The maximum atomic E-state index is 10.7. The van der Waals surface area contributed by atoms with Crippen LogP contribution in [0.4, 0.5) is 0 Å². The zero-order chi connectivity index (χ0) is 10.8. The van der Waals surface area contributed by atoms with Crippen molar-refractivity contribution in [2.24, 2.45) is 0 Å². The summed E-state index contributed by atoms with van der Waals surface area (Å²) in [6.45, 7) is 1.72. The molecule has 0 unspecified atom stereocenters. The maximum Gasteiger partial charge on any atom is 0.302 e. The highest BCUT2D eigenvalue weighted by atomic mass is 35.5. The lowest BCUT2D eigenvalue weighted by molar-refractivity contribution is -0.142. The zero-order valence-electron chi connectivity index (χ0n) is 8.12. The van der Waals surface area contributed by atoms with E-state index in [9.17, 15) is 4.79 Å². The summed E-state index contributed by atoms with van der Waals surface area (Å²) < 4.78 is 6.11. The molecule has 2 nitrogen and oxygen atoms in total. The Morgan fingerprint density at radius 2 is 2.33 bits per heavy atom. The summed E-state index contributed by atoms with van der Waals surface area (Å²) in [5.41, 5.74) is 1.01. The van der Waals surface area contributed by atoms with Crippen molar-refractivity contribution < 1.29 is 9.53 Å². The van der Waals surface area contributed by atoms with Crippen LogP contribution in [-0.4, -0.2) is 5.97 Å². The summed E-state index contributed by atoms with van der Waals surface area (Å²) in [4.78, 5) is 10.7. The minimum Gasteiger partial charge on any atom is -0.461 e. The van der Waals surface area contributed by atoms with Crippen molar-refractivity contribution in [3.05, 3.63) is 34.2 Å². The SMILES string of the molecule is CC(=O)OCc1csc2ccc(Cl)cc12. The Kier molecular flexibility index (Phi) is 2.93. The van der Waals surface area contributed by atoms with Crippen LogP contribution in [-0.2, 0) is 16.1 Å². The van der Waals surface area contributed by atoms with Gasteiger partial charge in [-0.3, -0.25) is 4.79 Å². The van der Waals surface area contributed by atoms with E-state index < -0.39 is 0 Å². The molecule has 0 aliphatic rings. The van der Waals surface area contributed by atoms with Gasteiger partial charge in [0.1, 0.15) is 6.61 Å². The number of esters is 1. The Morgan fingerprint density at radius 3 is 3.07 bits per heavy atom. The number of ether oxygens (including phenoxy) is 1. The van der Waals surface area contributed by atoms with Gasteiger partial charge in [0, 0.05) is 27.6 Å². The molecule has 0 amide bonds. The molecule has 0 N–H and O–H groups in total. The first kappa shape index (κ1) is 10.5. The Bertz CT molecular complexity index is 504. The van der Waals surface area contributed by atoms with Gasteiger partial charge >= 0.3 is 5.97 Å². The molecule has 1 aromatic heterocycles. The normalized spacial score (nSPS) is 10.5. The van der Waals surface area contributed by atoms with E-state index in [0.29, 0.717) is 11.6 Å². The number of hydrogen-bond acceptors (Lipinski definition) is 3. The van der Waals surface area contributed by atoms with Crippen LogP contribution in [0.3, 0.4) is 0 Å². The van der Waals surface area contributed by atoms with Gasteiger partial charge in [-0.2, -0.15) is 0 Å². The smallest absolute Gasteiger partial charge is 0.302 e. The molecule has 4 heteroatoms. The van der Waals surface area contributed by atoms with Crippen molar-refractivity contribution in [2.45, 2.75) is 13.5 Å². The summed E-state index contributed by atoms with van der Waals surface area (Å²) in [5.74, 6) is -0.267. The summed E-state index contributed by atoms with van der Waals surface area (Å²) >= 11 is 7.53. The molecule has 2 aromatic rings. The fraction of sp³-hybridized carbons (Fsp3) is 0.182. The summed E-state index contributed by atoms with van der Waals surface area (Å²) in [6.07, 6.45) is 0. The Balaban J connectivity index is 2.35. The van der Waals surface area contributed by atoms with E-state index >= 15 is 0 Å². The molecule has 1 aromatic carbocycles. The third kappa shape index (κ3) is 2.30. The fourth-order valence-corrected chi connectivity index (χ4v) is 2.45. The number of halogens is 1. The van der Waals surface area contributed by atoms with Gasteiger partial charge in [-0.25, -0.2) is 0 Å². The van der Waals surface area contributed by atoms with Crippen molar-refractivity contribution in [3.63, 3.8) is 0 Å². The minimum atomic E-state index is -0.267. The molecule has 15 heavy (non-hydrogen) atoms. The van der Waals surface area contributed by atoms with Crippen LogP contribution in [0.5, 0.6) is 0 Å². The first-order valence-corrected chi connectivity index (χ1v) is 5.71. The first-order valence-electron chi connectivity index (χ1n) is 4.46. The van der Waals surface area contributed by atoms with Crippen molar-refractivity contribution in [3.8, 4) is 0 Å². The third-order valence-electron chi connectivity index (χ3n) is 2.05. The van der Waals surface area contributed by atoms with Gasteiger partial charge in [-0.05, 0) is 23.6 Å². The fourth-order valence-electron chi connectivity index (χ4n) is 1.35. The highest BCUT2D eigenvalue weighted by Gasteiger charge is 2.05. The predicted molar refractivity (Wildman–Crippen MR) is 62.3 cm³/mol. The van der Waals surface area contributed by atoms with Gasteiger partial charge < -0.3 is 4.74 Å². The van der Waals surface area contributed by atoms with Gasteiger partial charge in [-0.15, -0.1) is 11.3 Å². The highest BCUT2D eigenvalue weighted by molar-refractivity contribution is 7.17. The second kappa shape index (κ2) is 4.21. The van der Waals surface area contributed by atoms with E-state index in [2.05, 4.69) is 0 Å². The van der Waals surface area contributed by atoms with Crippen molar-refractivity contribution in [1.29, 1.82) is 0 Å². The lowest BCUT2D eigenvalue weighted by Crippen LogP contribution is -1.97. The van der Waals surface area contributed by atoms with Crippen LogP contribution in [0.1, 0.15) is 12.5 Å². The maximum absolute atomic E-state index is 10.7. The molecule has 0 saturated carbocycles. The second-order valence-electron chi connectivity index (χ2n) is 3.18. The molecule has 0 aliphatic carbocycles. The number of carbonyl (C=O) groups excluding carboxylic acids is 1. The molecule has 0 radical (unpaired) electrons. The summed E-state index contributed by atoms with van der Waals surface area (Å²) in [5, 5.41) is 3.75. The number of thiophene rings is 1. The Labute approximate surface area is 96.4 Å². The van der Waals surface area contributed by atoms with Gasteiger partial charge in [0.2, 0.25) is 0 Å². The van der Waals surface area contributed by atoms with E-state index in [-0.39, 0.29) is 5.97 Å². The van der Waals surface area contributed by atoms with Crippen LogP contribution in [0.2, 0.25) is 5.02 Å². The topological polar surface area (TPSA) is 26.3 Å². The van der Waals surface area contributed by atoms with Crippen molar-refractivity contribution in [1.82, 2.24) is 0 Å². The molecule has 0 bridgehead atoms. The quantitative estimate of drug-likeness (QED) is 0.750. The van der Waals surface area contributed by atoms with E-state index in [4.69, 9.17) is 16.3 Å². The molecule has 0 atom stereocenters. The number of rotatable bonds is 2. The largest absolute Gasteiger partial charge is 0.461 e. The Morgan fingerprint density at radius 1 is 1.53 bits per heavy atom. The molecular weight excluding hydrogens is 232 g/mol. The van der Waals surface area contributed by atoms with Crippen LogP contribution >= 0.6 is 22.9 Å². The van der Waals surface area contributed by atoms with E-state index in [1.54, 1.807) is 11.3 Å². The number of fused-ring (bicyclic) bond motifs is 1. The first-order chi connectivity index (χ1) is 7.16. The molecule has 0 saturated heterocycles. The van der Waals surface area contributed by atoms with E-state index in [0.717, 1.165) is 15.6 Å². The highest BCUT2D eigenvalue weighted by Crippen LogP contribution is 2.28. The van der Waals surface area contributed by atoms with Crippen LogP contribution in [0, 0.1) is 0 Å². The van der Waals surface area contributed by atoms with Crippen molar-refractivity contribution >= 4 is 39.0 Å². The van der Waals surface area contributed by atoms with Crippen LogP contribution in [0.25, 0.3) is 10.1 Å². The standard InChI is InChI=1S/C11H9ClO2S/c1-7(13)14-5-8-6-15-11-3-2-9(12)4-10(8)11/h2-4,6H,5H2,1H3. The van der Waals surface area contributed by atoms with Crippen molar-refractivity contribution in [2.75, 3.05) is 0 Å². The van der Waals surface area contributed by atoms with Crippen LogP contribution in [0.15, 0.2) is 23.6 Å². The molecule has 2 rings (SSSR count). The van der Waals surface area contributed by atoms with E-state index in [1.165, 1.54) is 6.92 Å². The van der Waals surface area contributed by atoms with Crippen LogP contribution < -0.4 is 0 Å². The van der Waals surface area contributed by atoms with E-state index in [1.807, 2.05) is 23.6 Å². The van der Waals surface area contributed by atoms with Gasteiger partial charge in [0.05, 0.1) is 0 Å². The van der Waals surface area contributed by atoms with Gasteiger partial charge in [0.25, 0.3) is 0 Å². The molecule has 0 aliphatic heterocycles. The van der Waals surface area contributed by atoms with Gasteiger partial charge in [0.15, 0.2) is 0 Å². The monoisotopic (exact) mass is 240 g/mol. The van der Waals surface area contributed by atoms with Gasteiger partial charge in [-0.1, -0.05) is 11.6 Å². The third-order valence-corrected chi connectivity index (χ3v) is 3.29. The zero-order valence-corrected chi connectivity index (χ0v) is 9.69. The lowest BCUT2D eigenvalue weighted by atomic mass is 10.2.